The first-order valence-electron chi connectivity index (χ1n) is 7.85. The van der Waals surface area contributed by atoms with E-state index in [1.807, 2.05) is 0 Å². The van der Waals surface area contributed by atoms with Gasteiger partial charge in [-0.3, -0.25) is 4.90 Å². The first kappa shape index (κ1) is 15.5. The van der Waals surface area contributed by atoms with Crippen molar-refractivity contribution in [1.82, 2.24) is 9.80 Å². The average Bonchev–Trinajstić information content (AvgIpc) is 2.41. The van der Waals surface area contributed by atoms with Crippen molar-refractivity contribution in [2.45, 2.75) is 32.9 Å². The highest BCUT2D eigenvalue weighted by molar-refractivity contribution is 5.20. The van der Waals surface area contributed by atoms with Gasteiger partial charge in [0.05, 0.1) is 0 Å². The Morgan fingerprint density at radius 2 is 1.60 bits per heavy atom. The molecule has 1 fully saturated rings. The van der Waals surface area contributed by atoms with Gasteiger partial charge in [-0.1, -0.05) is 44.2 Å². The Hall–Kier alpha value is -0.900. The Kier molecular flexibility index (Phi) is 5.58. The van der Waals surface area contributed by atoms with Crippen LogP contribution in [-0.4, -0.2) is 48.6 Å². The molecule has 2 N–H and O–H groups in total. The third kappa shape index (κ3) is 4.05. The van der Waals surface area contributed by atoms with Crippen LogP contribution in [0.4, 0.5) is 0 Å². The molecule has 2 unspecified atom stereocenters. The zero-order chi connectivity index (χ0) is 14.5. The fraction of sp³-hybridized carbons (Fsp3) is 0.647. The Bertz CT molecular complexity index is 380. The standard InChI is InChI=1S/C17H29N3/c1-14(2)13-19-9-11-20(12-10-19)17(15(3)18)16-7-5-4-6-8-16/h4-8,14-15,17H,9-13,18H2,1-3H3. The number of hydrogen-bond donors (Lipinski definition) is 1. The van der Waals surface area contributed by atoms with E-state index < -0.39 is 0 Å². The summed E-state index contributed by atoms with van der Waals surface area (Å²) in [5.41, 5.74) is 7.61. The van der Waals surface area contributed by atoms with Crippen LogP contribution in [0.25, 0.3) is 0 Å². The van der Waals surface area contributed by atoms with Gasteiger partial charge in [-0.05, 0) is 18.4 Å². The van der Waals surface area contributed by atoms with Gasteiger partial charge in [-0.15, -0.1) is 0 Å². The van der Waals surface area contributed by atoms with Crippen molar-refractivity contribution in [2.24, 2.45) is 11.7 Å². The minimum Gasteiger partial charge on any atom is -0.326 e. The van der Waals surface area contributed by atoms with Crippen molar-refractivity contribution >= 4 is 0 Å². The van der Waals surface area contributed by atoms with E-state index in [-0.39, 0.29) is 6.04 Å². The van der Waals surface area contributed by atoms with E-state index in [0.29, 0.717) is 6.04 Å². The maximum Gasteiger partial charge on any atom is 0.0497 e. The van der Waals surface area contributed by atoms with Crippen LogP contribution in [0.5, 0.6) is 0 Å². The molecule has 3 heteroatoms. The van der Waals surface area contributed by atoms with Crippen LogP contribution in [0.15, 0.2) is 30.3 Å². The SMILES string of the molecule is CC(C)CN1CCN(C(c2ccccc2)C(C)N)CC1. The summed E-state index contributed by atoms with van der Waals surface area (Å²) in [4.78, 5) is 5.13. The summed E-state index contributed by atoms with van der Waals surface area (Å²) in [6.07, 6.45) is 0. The molecule has 20 heavy (non-hydrogen) atoms. The molecule has 112 valence electrons. The summed E-state index contributed by atoms with van der Waals surface area (Å²) >= 11 is 0. The van der Waals surface area contributed by atoms with Crippen molar-refractivity contribution in [3.63, 3.8) is 0 Å². The van der Waals surface area contributed by atoms with Crippen LogP contribution in [0.2, 0.25) is 0 Å². The molecule has 2 rings (SSSR count). The van der Waals surface area contributed by atoms with Gasteiger partial charge < -0.3 is 10.6 Å². The zero-order valence-electron chi connectivity index (χ0n) is 13.1. The maximum atomic E-state index is 6.26. The zero-order valence-corrected chi connectivity index (χ0v) is 13.1. The van der Waals surface area contributed by atoms with E-state index in [1.54, 1.807) is 0 Å². The van der Waals surface area contributed by atoms with Gasteiger partial charge in [0.25, 0.3) is 0 Å². The highest BCUT2D eigenvalue weighted by atomic mass is 15.3. The lowest BCUT2D eigenvalue weighted by atomic mass is 9.98. The maximum absolute atomic E-state index is 6.26. The predicted molar refractivity (Wildman–Crippen MR) is 85.7 cm³/mol. The number of nitrogens with two attached hydrogens (primary N) is 1. The molecule has 0 amide bonds. The number of rotatable bonds is 5. The normalized spacial score (nSPS) is 21.1. The molecule has 1 aliphatic rings. The minimum atomic E-state index is 0.161. The molecule has 0 bridgehead atoms. The van der Waals surface area contributed by atoms with E-state index in [0.717, 1.165) is 32.1 Å². The van der Waals surface area contributed by atoms with Crippen molar-refractivity contribution in [3.05, 3.63) is 35.9 Å². The Labute approximate surface area is 123 Å². The second-order valence-corrected chi connectivity index (χ2v) is 6.45. The molecule has 0 aromatic heterocycles. The summed E-state index contributed by atoms with van der Waals surface area (Å²) in [7, 11) is 0. The van der Waals surface area contributed by atoms with Crippen LogP contribution >= 0.6 is 0 Å². The molecule has 1 aromatic carbocycles. The monoisotopic (exact) mass is 275 g/mol. The molecule has 3 nitrogen and oxygen atoms in total. The summed E-state index contributed by atoms with van der Waals surface area (Å²) in [6.45, 7) is 12.5. The Morgan fingerprint density at radius 1 is 1.00 bits per heavy atom. The lowest BCUT2D eigenvalue weighted by Crippen LogP contribution is -2.51. The van der Waals surface area contributed by atoms with Crippen LogP contribution in [0.1, 0.15) is 32.4 Å². The molecule has 0 radical (unpaired) electrons. The number of hydrogen-bond acceptors (Lipinski definition) is 3. The van der Waals surface area contributed by atoms with Crippen LogP contribution < -0.4 is 5.73 Å². The molecule has 1 saturated heterocycles. The topological polar surface area (TPSA) is 32.5 Å². The Balaban J connectivity index is 1.99. The largest absolute Gasteiger partial charge is 0.326 e. The fourth-order valence-electron chi connectivity index (χ4n) is 3.24. The van der Waals surface area contributed by atoms with Gasteiger partial charge in [-0.25, -0.2) is 0 Å². The molecular weight excluding hydrogens is 246 g/mol. The Morgan fingerprint density at radius 3 is 2.10 bits per heavy atom. The van der Waals surface area contributed by atoms with Gasteiger partial charge >= 0.3 is 0 Å². The number of piperazine rings is 1. The summed E-state index contributed by atoms with van der Waals surface area (Å²) < 4.78 is 0. The smallest absolute Gasteiger partial charge is 0.0497 e. The van der Waals surface area contributed by atoms with Gasteiger partial charge in [0.1, 0.15) is 0 Å². The van der Waals surface area contributed by atoms with Crippen molar-refractivity contribution in [3.8, 4) is 0 Å². The second kappa shape index (κ2) is 7.21. The quantitative estimate of drug-likeness (QED) is 0.895. The van der Waals surface area contributed by atoms with Gasteiger partial charge in [0.15, 0.2) is 0 Å². The molecule has 2 atom stereocenters. The molecule has 1 aromatic rings. The first-order chi connectivity index (χ1) is 9.58. The molecular formula is C17H29N3. The lowest BCUT2D eigenvalue weighted by Gasteiger charge is -2.41. The lowest BCUT2D eigenvalue weighted by molar-refractivity contribution is 0.0805. The van der Waals surface area contributed by atoms with Crippen molar-refractivity contribution in [1.29, 1.82) is 0 Å². The first-order valence-corrected chi connectivity index (χ1v) is 7.85. The predicted octanol–water partition coefficient (Wildman–Crippen LogP) is 2.35. The van der Waals surface area contributed by atoms with Gasteiger partial charge in [0.2, 0.25) is 0 Å². The number of benzene rings is 1. The van der Waals surface area contributed by atoms with Gasteiger partial charge in [-0.2, -0.15) is 0 Å². The van der Waals surface area contributed by atoms with E-state index in [2.05, 4.69) is 60.9 Å². The minimum absolute atomic E-state index is 0.161. The van der Waals surface area contributed by atoms with Crippen LogP contribution in [-0.2, 0) is 0 Å². The van der Waals surface area contributed by atoms with E-state index in [4.69, 9.17) is 5.73 Å². The molecule has 0 saturated carbocycles. The van der Waals surface area contributed by atoms with Crippen molar-refractivity contribution < 1.29 is 0 Å². The fourth-order valence-corrected chi connectivity index (χ4v) is 3.24. The molecule has 0 aliphatic carbocycles. The van der Waals surface area contributed by atoms with E-state index in [9.17, 15) is 0 Å². The summed E-state index contributed by atoms with van der Waals surface area (Å²) in [5.74, 6) is 0.750. The molecule has 1 aliphatic heterocycles. The van der Waals surface area contributed by atoms with Crippen molar-refractivity contribution in [2.75, 3.05) is 32.7 Å². The van der Waals surface area contributed by atoms with E-state index >= 15 is 0 Å². The third-order valence-corrected chi connectivity index (χ3v) is 4.06. The number of nitrogens with zero attached hydrogens (tertiary/aromatic N) is 2. The summed E-state index contributed by atoms with van der Waals surface area (Å²) in [5, 5.41) is 0. The third-order valence-electron chi connectivity index (χ3n) is 4.06. The van der Waals surface area contributed by atoms with E-state index in [1.165, 1.54) is 12.1 Å². The van der Waals surface area contributed by atoms with Crippen LogP contribution in [0, 0.1) is 5.92 Å². The molecule has 0 spiro atoms. The summed E-state index contributed by atoms with van der Waals surface area (Å²) in [6, 6.07) is 11.2. The highest BCUT2D eigenvalue weighted by Crippen LogP contribution is 2.24. The highest BCUT2D eigenvalue weighted by Gasteiger charge is 2.27. The molecule has 1 heterocycles. The van der Waals surface area contributed by atoms with Gasteiger partial charge in [0, 0.05) is 44.8 Å². The van der Waals surface area contributed by atoms with Crippen LogP contribution in [0.3, 0.4) is 0 Å². The second-order valence-electron chi connectivity index (χ2n) is 6.45. The average molecular weight is 275 g/mol.